The van der Waals surface area contributed by atoms with Gasteiger partial charge in [-0.25, -0.2) is 9.36 Å². The number of hydrogen-bond donors (Lipinski definition) is 1. The lowest BCUT2D eigenvalue weighted by molar-refractivity contribution is -0.117. The van der Waals surface area contributed by atoms with Gasteiger partial charge in [0.2, 0.25) is 5.91 Å². The third kappa shape index (κ3) is 3.74. The lowest BCUT2D eigenvalue weighted by Gasteiger charge is -2.12. The molecule has 0 saturated heterocycles. The Hall–Kier alpha value is -3.74. The van der Waals surface area contributed by atoms with E-state index in [4.69, 9.17) is 0 Å². The molecule has 2 aromatic heterocycles. The fourth-order valence-electron chi connectivity index (χ4n) is 3.45. The molecule has 0 atom stereocenters. The van der Waals surface area contributed by atoms with Crippen molar-refractivity contribution in [1.29, 1.82) is 0 Å². The summed E-state index contributed by atoms with van der Waals surface area (Å²) >= 11 is 0. The summed E-state index contributed by atoms with van der Waals surface area (Å²) < 4.78 is 2.84. The van der Waals surface area contributed by atoms with Gasteiger partial charge in [0.15, 0.2) is 0 Å². The number of anilines is 1. The predicted octanol–water partition coefficient (Wildman–Crippen LogP) is 3.65. The molecule has 152 valence electrons. The number of amides is 1. The summed E-state index contributed by atoms with van der Waals surface area (Å²) in [7, 11) is 0. The minimum atomic E-state index is -0.352. The van der Waals surface area contributed by atoms with Crippen molar-refractivity contribution >= 4 is 22.5 Å². The van der Waals surface area contributed by atoms with Gasteiger partial charge in [-0.3, -0.25) is 9.59 Å². The summed E-state index contributed by atoms with van der Waals surface area (Å²) in [6.07, 6.45) is 1.67. The average molecular weight is 401 g/mol. The van der Waals surface area contributed by atoms with E-state index in [0.717, 1.165) is 16.9 Å². The van der Waals surface area contributed by atoms with Crippen molar-refractivity contribution in [2.45, 2.75) is 33.2 Å². The Balaban J connectivity index is 1.77. The quantitative estimate of drug-likeness (QED) is 0.553. The number of nitrogens with zero attached hydrogens (tertiary/aromatic N) is 4. The Morgan fingerprint density at radius 3 is 2.57 bits per heavy atom. The summed E-state index contributed by atoms with van der Waals surface area (Å²) in [5.74, 6) is -0.248. The molecule has 4 aromatic rings. The summed E-state index contributed by atoms with van der Waals surface area (Å²) in [5.41, 5.74) is 3.31. The molecule has 0 saturated carbocycles. The van der Waals surface area contributed by atoms with Gasteiger partial charge in [0.05, 0.1) is 17.6 Å². The third-order valence-electron chi connectivity index (χ3n) is 4.85. The molecular formula is C23H23N5O2. The molecule has 7 heteroatoms. The van der Waals surface area contributed by atoms with Gasteiger partial charge in [-0.15, -0.1) is 0 Å². The van der Waals surface area contributed by atoms with E-state index in [0.29, 0.717) is 16.6 Å². The zero-order valence-corrected chi connectivity index (χ0v) is 17.2. The van der Waals surface area contributed by atoms with Crippen molar-refractivity contribution < 1.29 is 4.79 Å². The molecule has 2 aromatic carbocycles. The Morgan fingerprint density at radius 1 is 1.10 bits per heavy atom. The van der Waals surface area contributed by atoms with Crippen molar-refractivity contribution in [3.05, 3.63) is 82.4 Å². The van der Waals surface area contributed by atoms with Gasteiger partial charge < -0.3 is 5.32 Å². The fraction of sp³-hybridized carbons (Fsp3) is 0.217. The van der Waals surface area contributed by atoms with Crippen LogP contribution in [-0.2, 0) is 11.3 Å². The van der Waals surface area contributed by atoms with E-state index in [9.17, 15) is 9.59 Å². The van der Waals surface area contributed by atoms with Crippen LogP contribution in [0, 0.1) is 6.92 Å². The highest BCUT2D eigenvalue weighted by atomic mass is 16.2. The van der Waals surface area contributed by atoms with Crippen molar-refractivity contribution in [3.8, 4) is 5.69 Å². The SMILES string of the molecule is Cc1cccc(NC(=O)Cn2nc(C(C)C)c3cnn(-c4ccccc4)c3c2=O)c1. The zero-order chi connectivity index (χ0) is 21.3. The van der Waals surface area contributed by atoms with Crippen LogP contribution in [0.4, 0.5) is 5.69 Å². The molecule has 0 spiro atoms. The molecule has 30 heavy (non-hydrogen) atoms. The predicted molar refractivity (Wildman–Crippen MR) is 117 cm³/mol. The number of para-hydroxylation sites is 1. The zero-order valence-electron chi connectivity index (χ0n) is 17.2. The van der Waals surface area contributed by atoms with Crippen LogP contribution in [0.1, 0.15) is 31.0 Å². The molecule has 7 nitrogen and oxygen atoms in total. The van der Waals surface area contributed by atoms with Gasteiger partial charge in [-0.1, -0.05) is 44.2 Å². The number of benzene rings is 2. The Morgan fingerprint density at radius 2 is 1.87 bits per heavy atom. The summed E-state index contributed by atoms with van der Waals surface area (Å²) in [5, 5.41) is 12.5. The maximum absolute atomic E-state index is 13.3. The van der Waals surface area contributed by atoms with E-state index in [1.807, 2.05) is 75.4 Å². The lowest BCUT2D eigenvalue weighted by atomic mass is 10.1. The number of hydrogen-bond acceptors (Lipinski definition) is 4. The van der Waals surface area contributed by atoms with Gasteiger partial charge in [0, 0.05) is 11.1 Å². The Bertz CT molecular complexity index is 1270. The highest BCUT2D eigenvalue weighted by molar-refractivity contribution is 5.91. The summed E-state index contributed by atoms with van der Waals surface area (Å²) in [6.45, 7) is 5.78. The number of carbonyl (C=O) groups is 1. The average Bonchev–Trinajstić information content (AvgIpc) is 3.16. The fourth-order valence-corrected chi connectivity index (χ4v) is 3.45. The number of rotatable bonds is 5. The topological polar surface area (TPSA) is 81.8 Å². The smallest absolute Gasteiger partial charge is 0.293 e. The van der Waals surface area contributed by atoms with Gasteiger partial charge in [-0.05, 0) is 42.7 Å². The molecule has 0 aliphatic heterocycles. The molecule has 1 amide bonds. The van der Waals surface area contributed by atoms with Crippen LogP contribution in [0.5, 0.6) is 0 Å². The van der Waals surface area contributed by atoms with Gasteiger partial charge in [0.25, 0.3) is 5.56 Å². The van der Waals surface area contributed by atoms with Crippen LogP contribution >= 0.6 is 0 Å². The minimum Gasteiger partial charge on any atom is -0.324 e. The van der Waals surface area contributed by atoms with E-state index >= 15 is 0 Å². The second-order valence-electron chi connectivity index (χ2n) is 7.57. The number of fused-ring (bicyclic) bond motifs is 1. The molecular weight excluding hydrogens is 378 g/mol. The highest BCUT2D eigenvalue weighted by Crippen LogP contribution is 2.23. The maximum atomic E-state index is 13.3. The van der Waals surface area contributed by atoms with Crippen LogP contribution in [0.2, 0.25) is 0 Å². The molecule has 0 bridgehead atoms. The summed E-state index contributed by atoms with van der Waals surface area (Å²) in [4.78, 5) is 25.9. The largest absolute Gasteiger partial charge is 0.324 e. The maximum Gasteiger partial charge on any atom is 0.293 e. The molecule has 2 heterocycles. The van der Waals surface area contributed by atoms with Crippen LogP contribution in [-0.4, -0.2) is 25.5 Å². The first-order chi connectivity index (χ1) is 14.4. The van der Waals surface area contributed by atoms with Crippen LogP contribution in [0.15, 0.2) is 65.6 Å². The number of nitrogens with one attached hydrogen (secondary N) is 1. The first-order valence-corrected chi connectivity index (χ1v) is 9.84. The van der Waals surface area contributed by atoms with Gasteiger partial charge in [0.1, 0.15) is 12.1 Å². The number of carbonyl (C=O) groups excluding carboxylic acids is 1. The van der Waals surface area contributed by atoms with Crippen LogP contribution in [0.25, 0.3) is 16.6 Å². The standard InChI is InChI=1S/C23H23N5O2/c1-15(2)21-19-13-24-28(18-10-5-4-6-11-18)22(19)23(30)27(26-21)14-20(29)25-17-9-7-8-16(3)12-17/h4-13,15H,14H2,1-3H3,(H,25,29). The van der Waals surface area contributed by atoms with Crippen molar-refractivity contribution in [1.82, 2.24) is 19.6 Å². The van der Waals surface area contributed by atoms with E-state index in [2.05, 4.69) is 15.5 Å². The first-order valence-electron chi connectivity index (χ1n) is 9.84. The van der Waals surface area contributed by atoms with Crippen molar-refractivity contribution in [2.75, 3.05) is 5.32 Å². The summed E-state index contributed by atoms with van der Waals surface area (Å²) in [6, 6.07) is 17.0. The lowest BCUT2D eigenvalue weighted by Crippen LogP contribution is -2.31. The molecule has 0 aliphatic carbocycles. The molecule has 1 N–H and O–H groups in total. The van der Waals surface area contributed by atoms with Crippen molar-refractivity contribution in [3.63, 3.8) is 0 Å². The van der Waals surface area contributed by atoms with E-state index in [1.165, 1.54) is 4.68 Å². The van der Waals surface area contributed by atoms with Gasteiger partial charge >= 0.3 is 0 Å². The Labute approximate surface area is 174 Å². The minimum absolute atomic E-state index is 0.0626. The Kier molecular flexibility index (Phi) is 5.18. The van der Waals surface area contributed by atoms with Crippen molar-refractivity contribution in [2.24, 2.45) is 0 Å². The number of aryl methyl sites for hydroxylation is 1. The monoisotopic (exact) mass is 401 g/mol. The third-order valence-corrected chi connectivity index (χ3v) is 4.85. The highest BCUT2D eigenvalue weighted by Gasteiger charge is 2.19. The van der Waals surface area contributed by atoms with E-state index < -0.39 is 0 Å². The molecule has 0 radical (unpaired) electrons. The number of aromatic nitrogens is 4. The molecule has 0 aliphatic rings. The molecule has 0 fully saturated rings. The van der Waals surface area contributed by atoms with E-state index in [-0.39, 0.29) is 23.9 Å². The first kappa shape index (κ1) is 19.6. The second kappa shape index (κ2) is 7.94. The van der Waals surface area contributed by atoms with Crippen LogP contribution in [0.3, 0.4) is 0 Å². The molecule has 0 unspecified atom stereocenters. The normalized spacial score (nSPS) is 11.2. The van der Waals surface area contributed by atoms with Crippen LogP contribution < -0.4 is 10.9 Å². The van der Waals surface area contributed by atoms with Gasteiger partial charge in [-0.2, -0.15) is 10.2 Å². The molecule has 4 rings (SSSR count). The second-order valence-corrected chi connectivity index (χ2v) is 7.57. The van der Waals surface area contributed by atoms with E-state index in [1.54, 1.807) is 10.9 Å².